The average molecular weight is 282 g/mol. The van der Waals surface area contributed by atoms with Gasteiger partial charge in [0.2, 0.25) is 0 Å². The quantitative estimate of drug-likeness (QED) is 0.723. The van der Waals surface area contributed by atoms with E-state index in [2.05, 4.69) is 9.97 Å². The number of hydrogen-bond acceptors (Lipinski definition) is 4. The Hall–Kier alpha value is -2.66. The summed E-state index contributed by atoms with van der Waals surface area (Å²) in [6, 6.07) is 14.4. The fraction of sp³-hybridized carbons (Fsp3) is 0.125. The summed E-state index contributed by atoms with van der Waals surface area (Å²) >= 11 is 0. The van der Waals surface area contributed by atoms with Crippen molar-refractivity contribution in [1.29, 1.82) is 0 Å². The van der Waals surface area contributed by atoms with Gasteiger partial charge in [-0.25, -0.2) is 9.78 Å². The minimum Gasteiger partial charge on any atom is -0.465 e. The zero-order valence-corrected chi connectivity index (χ0v) is 11.4. The van der Waals surface area contributed by atoms with Gasteiger partial charge in [0.05, 0.1) is 18.2 Å². The highest BCUT2D eigenvalue weighted by molar-refractivity contribution is 6.01. The molecule has 0 saturated carbocycles. The number of aliphatic hydroxyl groups is 1. The number of aromatic nitrogens is 2. The molecule has 0 aliphatic rings. The third-order valence-electron chi connectivity index (χ3n) is 3.31. The first-order valence-electron chi connectivity index (χ1n) is 6.50. The fourth-order valence-electron chi connectivity index (χ4n) is 2.25. The first-order chi connectivity index (χ1) is 10.2. The topological polar surface area (TPSA) is 75.2 Å². The number of ether oxygens (including phenoxy) is 1. The number of nitrogens with zero attached hydrogens (tertiary/aromatic N) is 1. The van der Waals surface area contributed by atoms with Gasteiger partial charge in [-0.1, -0.05) is 36.4 Å². The van der Waals surface area contributed by atoms with E-state index < -0.39 is 12.1 Å². The van der Waals surface area contributed by atoms with E-state index in [-0.39, 0.29) is 0 Å². The van der Waals surface area contributed by atoms with Crippen LogP contribution in [0.15, 0.2) is 48.5 Å². The van der Waals surface area contributed by atoms with Crippen LogP contribution in [0.25, 0.3) is 11.0 Å². The fourth-order valence-corrected chi connectivity index (χ4v) is 2.25. The lowest BCUT2D eigenvalue weighted by molar-refractivity contribution is 0.0602. The Morgan fingerprint density at radius 3 is 2.67 bits per heavy atom. The number of aromatic amines is 1. The van der Waals surface area contributed by atoms with Crippen LogP contribution in [0, 0.1) is 0 Å². The molecule has 0 amide bonds. The molecule has 1 aromatic heterocycles. The molecule has 5 heteroatoms. The van der Waals surface area contributed by atoms with Gasteiger partial charge in [0.25, 0.3) is 0 Å². The second-order valence-electron chi connectivity index (χ2n) is 4.63. The monoisotopic (exact) mass is 282 g/mol. The Morgan fingerprint density at radius 2 is 1.95 bits per heavy atom. The van der Waals surface area contributed by atoms with Crippen LogP contribution in [-0.2, 0) is 4.74 Å². The number of methoxy groups -OCH3 is 1. The van der Waals surface area contributed by atoms with E-state index in [4.69, 9.17) is 4.74 Å². The van der Waals surface area contributed by atoms with Gasteiger partial charge in [-0.15, -0.1) is 0 Å². The highest BCUT2D eigenvalue weighted by Gasteiger charge is 2.18. The lowest BCUT2D eigenvalue weighted by atomic mass is 10.1. The van der Waals surface area contributed by atoms with E-state index in [1.54, 1.807) is 18.2 Å². The molecule has 0 aliphatic heterocycles. The summed E-state index contributed by atoms with van der Waals surface area (Å²) in [6.07, 6.45) is -0.871. The number of carbonyl (C=O) groups excluding carboxylic acids is 1. The molecule has 0 spiro atoms. The second kappa shape index (κ2) is 5.38. The summed E-state index contributed by atoms with van der Waals surface area (Å²) in [4.78, 5) is 19.1. The first kappa shape index (κ1) is 13.3. The minimum atomic E-state index is -0.871. The Balaban J connectivity index is 2.07. The van der Waals surface area contributed by atoms with Crippen molar-refractivity contribution >= 4 is 17.0 Å². The van der Waals surface area contributed by atoms with Crippen LogP contribution in [0.3, 0.4) is 0 Å². The van der Waals surface area contributed by atoms with Gasteiger partial charge in [0.1, 0.15) is 17.4 Å². The minimum absolute atomic E-state index is 0.373. The zero-order chi connectivity index (χ0) is 14.8. The maximum Gasteiger partial charge on any atom is 0.340 e. The second-order valence-corrected chi connectivity index (χ2v) is 4.63. The third kappa shape index (κ3) is 2.39. The Labute approximate surface area is 121 Å². The number of hydrogen-bond donors (Lipinski definition) is 2. The van der Waals surface area contributed by atoms with E-state index in [9.17, 15) is 9.90 Å². The van der Waals surface area contributed by atoms with Gasteiger partial charge in [0, 0.05) is 0 Å². The third-order valence-corrected chi connectivity index (χ3v) is 3.31. The molecule has 0 bridgehead atoms. The molecule has 0 fully saturated rings. The molecular formula is C16H14N2O3. The number of esters is 1. The van der Waals surface area contributed by atoms with Gasteiger partial charge < -0.3 is 14.8 Å². The van der Waals surface area contributed by atoms with Gasteiger partial charge in [-0.3, -0.25) is 0 Å². The molecule has 5 nitrogen and oxygen atoms in total. The van der Waals surface area contributed by atoms with Crippen molar-refractivity contribution in [3.05, 3.63) is 65.5 Å². The number of aliphatic hydroxyl groups excluding tert-OH is 1. The van der Waals surface area contributed by atoms with Gasteiger partial charge in [0.15, 0.2) is 0 Å². The van der Waals surface area contributed by atoms with E-state index in [1.165, 1.54) is 7.11 Å². The van der Waals surface area contributed by atoms with Crippen LogP contribution in [0.5, 0.6) is 0 Å². The molecule has 2 N–H and O–H groups in total. The summed E-state index contributed by atoms with van der Waals surface area (Å²) in [7, 11) is 1.33. The van der Waals surface area contributed by atoms with E-state index in [1.807, 2.05) is 30.3 Å². The van der Waals surface area contributed by atoms with Crippen LogP contribution < -0.4 is 0 Å². The standard InChI is InChI=1S/C16H14N2O3/c1-21-16(20)11-8-5-9-12-13(11)18-15(17-12)14(19)10-6-3-2-4-7-10/h2-9,14,19H,1H3,(H,17,18). The van der Waals surface area contributed by atoms with Crippen LogP contribution in [0.2, 0.25) is 0 Å². The van der Waals surface area contributed by atoms with Crippen molar-refractivity contribution in [3.63, 3.8) is 0 Å². The number of rotatable bonds is 3. The lowest BCUT2D eigenvalue weighted by Crippen LogP contribution is -2.03. The summed E-state index contributed by atoms with van der Waals surface area (Å²) < 4.78 is 4.74. The maximum atomic E-state index is 11.7. The summed E-state index contributed by atoms with van der Waals surface area (Å²) in [6.45, 7) is 0. The van der Waals surface area contributed by atoms with Crippen LogP contribution in [0.4, 0.5) is 0 Å². The van der Waals surface area contributed by atoms with Gasteiger partial charge in [-0.2, -0.15) is 0 Å². The number of benzene rings is 2. The Kier molecular flexibility index (Phi) is 3.41. The largest absolute Gasteiger partial charge is 0.465 e. The van der Waals surface area contributed by atoms with E-state index in [0.717, 1.165) is 5.56 Å². The molecule has 0 aliphatic carbocycles. The van der Waals surface area contributed by atoms with Crippen molar-refractivity contribution < 1.29 is 14.6 Å². The first-order valence-corrected chi connectivity index (χ1v) is 6.50. The number of H-pyrrole nitrogens is 1. The van der Waals surface area contributed by atoms with E-state index in [0.29, 0.717) is 22.4 Å². The SMILES string of the molecule is COC(=O)c1cccc2[nH]c(C(O)c3ccccc3)nc12. The molecule has 0 radical (unpaired) electrons. The molecule has 0 saturated heterocycles. The van der Waals surface area contributed by atoms with Crippen molar-refractivity contribution in [1.82, 2.24) is 9.97 Å². The lowest BCUT2D eigenvalue weighted by Gasteiger charge is -2.06. The highest BCUT2D eigenvalue weighted by Crippen LogP contribution is 2.24. The summed E-state index contributed by atoms with van der Waals surface area (Å²) in [5, 5.41) is 10.4. The molecule has 2 aromatic carbocycles. The maximum absolute atomic E-state index is 11.7. The van der Waals surface area contributed by atoms with Gasteiger partial charge >= 0.3 is 5.97 Å². The van der Waals surface area contributed by atoms with Crippen molar-refractivity contribution in [2.75, 3.05) is 7.11 Å². The number of imidazole rings is 1. The number of para-hydroxylation sites is 1. The van der Waals surface area contributed by atoms with Crippen molar-refractivity contribution in [3.8, 4) is 0 Å². The molecule has 1 heterocycles. The van der Waals surface area contributed by atoms with Crippen LogP contribution >= 0.6 is 0 Å². The number of carbonyl (C=O) groups is 1. The number of nitrogens with one attached hydrogen (secondary N) is 1. The molecule has 21 heavy (non-hydrogen) atoms. The average Bonchev–Trinajstić information content (AvgIpc) is 2.98. The summed E-state index contributed by atoms with van der Waals surface area (Å²) in [5.41, 5.74) is 2.28. The van der Waals surface area contributed by atoms with Crippen molar-refractivity contribution in [2.45, 2.75) is 6.10 Å². The summed E-state index contributed by atoms with van der Waals surface area (Å²) in [5.74, 6) is -0.0552. The van der Waals surface area contributed by atoms with Crippen LogP contribution in [0.1, 0.15) is 27.8 Å². The predicted octanol–water partition coefficient (Wildman–Crippen LogP) is 2.43. The number of fused-ring (bicyclic) bond motifs is 1. The van der Waals surface area contributed by atoms with Crippen molar-refractivity contribution in [2.24, 2.45) is 0 Å². The molecule has 106 valence electrons. The van der Waals surface area contributed by atoms with E-state index >= 15 is 0 Å². The predicted molar refractivity (Wildman–Crippen MR) is 77.9 cm³/mol. The molecule has 3 rings (SSSR count). The Morgan fingerprint density at radius 1 is 1.19 bits per heavy atom. The smallest absolute Gasteiger partial charge is 0.340 e. The van der Waals surface area contributed by atoms with Gasteiger partial charge in [-0.05, 0) is 17.7 Å². The van der Waals surface area contributed by atoms with Crippen LogP contribution in [-0.4, -0.2) is 28.2 Å². The molecule has 3 aromatic rings. The normalized spacial score (nSPS) is 12.3. The zero-order valence-electron chi connectivity index (χ0n) is 11.4. The Bertz CT molecular complexity index is 781. The highest BCUT2D eigenvalue weighted by atomic mass is 16.5. The molecule has 1 unspecified atom stereocenters. The molecular weight excluding hydrogens is 268 g/mol. The molecule has 1 atom stereocenters.